The summed E-state index contributed by atoms with van der Waals surface area (Å²) >= 11 is 0. The van der Waals surface area contributed by atoms with Crippen molar-refractivity contribution >= 4 is 23.4 Å². The molecule has 2 N–H and O–H groups in total. The number of anilines is 1. The molecule has 2 aliphatic heterocycles. The fourth-order valence-electron chi connectivity index (χ4n) is 4.21. The fourth-order valence-corrected chi connectivity index (χ4v) is 4.21. The highest BCUT2D eigenvalue weighted by atomic mass is 19.1. The second kappa shape index (κ2) is 7.84. The minimum absolute atomic E-state index is 0.129. The second-order valence-corrected chi connectivity index (χ2v) is 7.63. The van der Waals surface area contributed by atoms with E-state index in [-0.39, 0.29) is 17.2 Å². The molecule has 8 nitrogen and oxygen atoms in total. The van der Waals surface area contributed by atoms with E-state index >= 15 is 0 Å². The molecule has 2 unspecified atom stereocenters. The second-order valence-electron chi connectivity index (χ2n) is 7.63. The van der Waals surface area contributed by atoms with Crippen LogP contribution in [0.5, 0.6) is 0 Å². The molecular formula is C23H18FN5O3. The largest absolute Gasteiger partial charge is 0.345 e. The standard InChI is InChI=1S/C23H18FN5O3/c24-16-4-2-1-3-14(16)13-5-6-17-15(11-13)23(32)29-10-7-18(20(29)22(31)27-17)28-21(30)19-12-25-8-9-26-19/h1-6,8-9,11-12,18,20H,7,10H2,(H,27,31)(H,28,30). The highest BCUT2D eigenvalue weighted by molar-refractivity contribution is 6.11. The summed E-state index contributed by atoms with van der Waals surface area (Å²) in [4.78, 5) is 48.2. The number of halogens is 1. The van der Waals surface area contributed by atoms with E-state index in [1.54, 1.807) is 36.4 Å². The van der Waals surface area contributed by atoms with Crippen LogP contribution in [0.1, 0.15) is 27.3 Å². The summed E-state index contributed by atoms with van der Waals surface area (Å²) in [7, 11) is 0. The molecule has 2 aromatic carbocycles. The Bertz CT molecular complexity index is 1230. The van der Waals surface area contributed by atoms with Crippen molar-refractivity contribution < 1.29 is 18.8 Å². The Labute approximate surface area is 182 Å². The first kappa shape index (κ1) is 19.8. The molecule has 0 aliphatic carbocycles. The summed E-state index contributed by atoms with van der Waals surface area (Å²) in [5, 5.41) is 5.58. The van der Waals surface area contributed by atoms with Gasteiger partial charge in [-0.05, 0) is 30.2 Å². The number of rotatable bonds is 3. The topological polar surface area (TPSA) is 104 Å². The molecule has 0 saturated carbocycles. The third kappa shape index (κ3) is 3.37. The van der Waals surface area contributed by atoms with Gasteiger partial charge in [0, 0.05) is 24.5 Å². The molecule has 2 aliphatic rings. The van der Waals surface area contributed by atoms with E-state index in [1.165, 1.54) is 29.6 Å². The van der Waals surface area contributed by atoms with Crippen LogP contribution in [0.4, 0.5) is 10.1 Å². The molecular weight excluding hydrogens is 413 g/mol. The van der Waals surface area contributed by atoms with E-state index < -0.39 is 29.7 Å². The quantitative estimate of drug-likeness (QED) is 0.662. The molecule has 1 fully saturated rings. The van der Waals surface area contributed by atoms with Crippen molar-refractivity contribution in [3.05, 3.63) is 78.1 Å². The molecule has 3 aromatic rings. The van der Waals surface area contributed by atoms with Crippen molar-refractivity contribution in [2.24, 2.45) is 0 Å². The molecule has 2 atom stereocenters. The van der Waals surface area contributed by atoms with Gasteiger partial charge >= 0.3 is 0 Å². The van der Waals surface area contributed by atoms with Gasteiger partial charge in [0.2, 0.25) is 5.91 Å². The Balaban J connectivity index is 1.44. The molecule has 3 amide bonds. The van der Waals surface area contributed by atoms with Crippen molar-refractivity contribution in [1.29, 1.82) is 0 Å². The van der Waals surface area contributed by atoms with E-state index in [2.05, 4.69) is 20.6 Å². The van der Waals surface area contributed by atoms with Crippen molar-refractivity contribution in [3.8, 4) is 11.1 Å². The third-order valence-corrected chi connectivity index (χ3v) is 5.73. The van der Waals surface area contributed by atoms with Crippen LogP contribution in [0, 0.1) is 5.82 Å². The van der Waals surface area contributed by atoms with Crippen molar-refractivity contribution in [3.63, 3.8) is 0 Å². The lowest BCUT2D eigenvalue weighted by molar-refractivity contribution is -0.120. The van der Waals surface area contributed by atoms with Gasteiger partial charge in [-0.15, -0.1) is 0 Å². The molecule has 160 valence electrons. The average molecular weight is 431 g/mol. The number of carbonyl (C=O) groups excluding carboxylic acids is 3. The van der Waals surface area contributed by atoms with Gasteiger partial charge in [0.15, 0.2) is 0 Å². The summed E-state index contributed by atoms with van der Waals surface area (Å²) in [5.74, 6) is -1.60. The Kier molecular flexibility index (Phi) is 4.85. The maximum absolute atomic E-state index is 14.3. The van der Waals surface area contributed by atoms with Crippen molar-refractivity contribution in [2.45, 2.75) is 18.5 Å². The van der Waals surface area contributed by atoms with Crippen LogP contribution in [0.2, 0.25) is 0 Å². The van der Waals surface area contributed by atoms with Crippen LogP contribution in [-0.2, 0) is 4.79 Å². The number of amides is 3. The SMILES string of the molecule is O=C(NC1CCN2C(=O)c3cc(-c4ccccc4F)ccc3NC(=O)C12)c1cnccn1. The zero-order valence-electron chi connectivity index (χ0n) is 16.8. The number of fused-ring (bicyclic) bond motifs is 2. The minimum Gasteiger partial charge on any atom is -0.345 e. The normalized spacial score (nSPS) is 19.6. The van der Waals surface area contributed by atoms with E-state index in [9.17, 15) is 18.8 Å². The minimum atomic E-state index is -0.868. The third-order valence-electron chi connectivity index (χ3n) is 5.73. The van der Waals surface area contributed by atoms with Crippen LogP contribution >= 0.6 is 0 Å². The Morgan fingerprint density at radius 3 is 2.75 bits per heavy atom. The van der Waals surface area contributed by atoms with Gasteiger partial charge < -0.3 is 15.5 Å². The number of hydrogen-bond donors (Lipinski definition) is 2. The monoisotopic (exact) mass is 431 g/mol. The maximum atomic E-state index is 14.3. The van der Waals surface area contributed by atoms with Gasteiger partial charge in [-0.25, -0.2) is 9.37 Å². The van der Waals surface area contributed by atoms with Gasteiger partial charge in [0.1, 0.15) is 17.6 Å². The molecule has 5 rings (SSSR count). The van der Waals surface area contributed by atoms with Gasteiger partial charge in [-0.2, -0.15) is 0 Å². The van der Waals surface area contributed by atoms with E-state index in [0.29, 0.717) is 29.8 Å². The van der Waals surface area contributed by atoms with Crippen LogP contribution in [0.15, 0.2) is 61.1 Å². The Morgan fingerprint density at radius 1 is 1.12 bits per heavy atom. The number of nitrogens with zero attached hydrogens (tertiary/aromatic N) is 3. The predicted molar refractivity (Wildman–Crippen MR) is 113 cm³/mol. The summed E-state index contributed by atoms with van der Waals surface area (Å²) in [6.45, 7) is 0.297. The van der Waals surface area contributed by atoms with E-state index in [0.717, 1.165) is 0 Å². The fraction of sp³-hybridized carbons (Fsp3) is 0.174. The molecule has 32 heavy (non-hydrogen) atoms. The van der Waals surface area contributed by atoms with Gasteiger partial charge in [0.25, 0.3) is 11.8 Å². The van der Waals surface area contributed by atoms with Crippen LogP contribution in [0.25, 0.3) is 11.1 Å². The van der Waals surface area contributed by atoms with Crippen LogP contribution in [0.3, 0.4) is 0 Å². The highest BCUT2D eigenvalue weighted by Gasteiger charge is 2.45. The molecule has 1 saturated heterocycles. The average Bonchev–Trinajstić information content (AvgIpc) is 3.19. The summed E-state index contributed by atoms with van der Waals surface area (Å²) < 4.78 is 14.3. The van der Waals surface area contributed by atoms with Crippen LogP contribution in [-0.4, -0.2) is 51.2 Å². The number of benzene rings is 2. The molecule has 0 spiro atoms. The summed E-state index contributed by atoms with van der Waals surface area (Å²) in [5.41, 5.74) is 1.67. The van der Waals surface area contributed by atoms with Crippen molar-refractivity contribution in [2.75, 3.05) is 11.9 Å². The molecule has 0 bridgehead atoms. The zero-order chi connectivity index (χ0) is 22.2. The Morgan fingerprint density at radius 2 is 1.97 bits per heavy atom. The van der Waals surface area contributed by atoms with Gasteiger partial charge in [-0.3, -0.25) is 19.4 Å². The highest BCUT2D eigenvalue weighted by Crippen LogP contribution is 2.33. The summed E-state index contributed by atoms with van der Waals surface area (Å²) in [6, 6.07) is 9.70. The summed E-state index contributed by atoms with van der Waals surface area (Å²) in [6.07, 6.45) is 4.61. The number of hydrogen-bond acceptors (Lipinski definition) is 5. The number of nitrogens with one attached hydrogen (secondary N) is 2. The Hall–Kier alpha value is -4.14. The first-order valence-corrected chi connectivity index (χ1v) is 10.1. The lowest BCUT2D eigenvalue weighted by Gasteiger charge is -2.24. The number of aromatic nitrogens is 2. The van der Waals surface area contributed by atoms with E-state index in [4.69, 9.17) is 0 Å². The first-order valence-electron chi connectivity index (χ1n) is 10.1. The van der Waals surface area contributed by atoms with Crippen LogP contribution < -0.4 is 10.6 Å². The first-order chi connectivity index (χ1) is 15.5. The predicted octanol–water partition coefficient (Wildman–Crippen LogP) is 2.25. The zero-order valence-corrected chi connectivity index (χ0v) is 16.8. The smallest absolute Gasteiger partial charge is 0.271 e. The lowest BCUT2D eigenvalue weighted by atomic mass is 10.0. The van der Waals surface area contributed by atoms with Gasteiger partial charge in [-0.1, -0.05) is 24.3 Å². The molecule has 3 heterocycles. The molecule has 9 heteroatoms. The lowest BCUT2D eigenvalue weighted by Crippen LogP contribution is -2.51. The van der Waals surface area contributed by atoms with Crippen molar-refractivity contribution in [1.82, 2.24) is 20.2 Å². The maximum Gasteiger partial charge on any atom is 0.271 e. The molecule has 0 radical (unpaired) electrons. The number of carbonyl (C=O) groups is 3. The van der Waals surface area contributed by atoms with Gasteiger partial charge in [0.05, 0.1) is 23.5 Å². The van der Waals surface area contributed by atoms with E-state index in [1.807, 2.05) is 0 Å². The molecule has 1 aromatic heterocycles.